The molecule has 3 nitrogen and oxygen atoms in total. The zero-order valence-electron chi connectivity index (χ0n) is 10.9. The molecule has 0 bridgehead atoms. The molecule has 0 amide bonds. The van der Waals surface area contributed by atoms with E-state index in [4.69, 9.17) is 5.26 Å². The predicted molar refractivity (Wildman–Crippen MR) is 80.1 cm³/mol. The van der Waals surface area contributed by atoms with Crippen molar-refractivity contribution in [1.82, 2.24) is 4.90 Å². The lowest BCUT2D eigenvalue weighted by Gasteiger charge is -2.25. The second-order valence-electron chi connectivity index (χ2n) is 5.45. The van der Waals surface area contributed by atoms with Crippen LogP contribution in [0.4, 0.5) is 5.69 Å². The van der Waals surface area contributed by atoms with Crippen LogP contribution < -0.4 is 4.90 Å². The molecule has 0 aliphatic carbocycles. The summed E-state index contributed by atoms with van der Waals surface area (Å²) in [4.78, 5) is 4.96. The lowest BCUT2D eigenvalue weighted by atomic mass is 10.1. The fraction of sp³-hybridized carbons (Fsp3) is 0.533. The van der Waals surface area contributed by atoms with E-state index in [0.717, 1.165) is 32.6 Å². The van der Waals surface area contributed by atoms with Gasteiger partial charge in [0.1, 0.15) is 0 Å². The van der Waals surface area contributed by atoms with Crippen LogP contribution in [-0.2, 0) is 0 Å². The Hall–Kier alpha value is -1.05. The number of nitrogens with zero attached hydrogens (tertiary/aromatic N) is 3. The number of benzene rings is 1. The second-order valence-corrected chi connectivity index (χ2v) is 6.30. The molecule has 4 heteroatoms. The maximum Gasteiger partial charge on any atom is 0.0669 e. The summed E-state index contributed by atoms with van der Waals surface area (Å²) >= 11 is 3.63. The van der Waals surface area contributed by atoms with Crippen LogP contribution in [0, 0.1) is 17.2 Å². The molecule has 2 aliphatic rings. The van der Waals surface area contributed by atoms with Crippen LogP contribution in [0.25, 0.3) is 0 Å². The Bertz CT molecular complexity index is 496. The number of anilines is 1. The summed E-state index contributed by atoms with van der Waals surface area (Å²) in [5.74, 6) is 0.248. The topological polar surface area (TPSA) is 30.3 Å². The molecule has 0 saturated carbocycles. The summed E-state index contributed by atoms with van der Waals surface area (Å²) in [6.07, 6.45) is 2.25. The Morgan fingerprint density at radius 3 is 2.74 bits per heavy atom. The predicted octanol–water partition coefficient (Wildman–Crippen LogP) is 2.87. The molecule has 2 fully saturated rings. The molecule has 2 saturated heterocycles. The van der Waals surface area contributed by atoms with Crippen LogP contribution >= 0.6 is 15.9 Å². The number of nitriles is 1. The summed E-state index contributed by atoms with van der Waals surface area (Å²) in [5, 5.41) is 9.00. The van der Waals surface area contributed by atoms with Gasteiger partial charge in [-0.05, 0) is 47.4 Å². The van der Waals surface area contributed by atoms with E-state index in [1.807, 2.05) is 0 Å². The summed E-state index contributed by atoms with van der Waals surface area (Å²) < 4.78 is 1.17. The van der Waals surface area contributed by atoms with Crippen molar-refractivity contribution in [3.8, 4) is 6.07 Å². The minimum Gasteiger partial charge on any atom is -0.369 e. The molecule has 2 unspecified atom stereocenters. The summed E-state index contributed by atoms with van der Waals surface area (Å²) in [6, 6.07) is 11.4. The van der Waals surface area contributed by atoms with Crippen molar-refractivity contribution in [1.29, 1.82) is 5.26 Å². The molecule has 2 aliphatic heterocycles. The average Bonchev–Trinajstić information content (AvgIpc) is 3.08. The fourth-order valence-electron chi connectivity index (χ4n) is 3.19. The minimum atomic E-state index is 0.248. The highest BCUT2D eigenvalue weighted by Crippen LogP contribution is 2.31. The van der Waals surface area contributed by atoms with Gasteiger partial charge in [0.15, 0.2) is 0 Å². The zero-order valence-corrected chi connectivity index (χ0v) is 12.5. The van der Waals surface area contributed by atoms with Gasteiger partial charge in [0.25, 0.3) is 0 Å². The summed E-state index contributed by atoms with van der Waals surface area (Å²) in [5.41, 5.74) is 1.29. The van der Waals surface area contributed by atoms with Gasteiger partial charge in [-0.1, -0.05) is 12.1 Å². The standard InChI is InChI=1S/C15H18BrN3/c16-14-3-1-2-4-15(14)19-8-6-13(11-19)18-7-5-12(9-17)10-18/h1-4,12-13H,5-8,10-11H2. The number of hydrogen-bond acceptors (Lipinski definition) is 3. The minimum absolute atomic E-state index is 0.248. The van der Waals surface area contributed by atoms with Crippen molar-refractivity contribution in [2.45, 2.75) is 18.9 Å². The van der Waals surface area contributed by atoms with E-state index in [-0.39, 0.29) is 5.92 Å². The van der Waals surface area contributed by atoms with Crippen molar-refractivity contribution in [3.63, 3.8) is 0 Å². The van der Waals surface area contributed by atoms with Gasteiger partial charge in [-0.3, -0.25) is 4.90 Å². The van der Waals surface area contributed by atoms with E-state index in [1.54, 1.807) is 0 Å². The van der Waals surface area contributed by atoms with Crippen molar-refractivity contribution < 1.29 is 0 Å². The first kappa shape index (κ1) is 13.0. The molecule has 2 heterocycles. The third kappa shape index (κ3) is 2.63. The maximum absolute atomic E-state index is 9.00. The first-order valence-electron chi connectivity index (χ1n) is 6.91. The molecule has 3 rings (SSSR count). The maximum atomic E-state index is 9.00. The highest BCUT2D eigenvalue weighted by Gasteiger charge is 2.33. The van der Waals surface area contributed by atoms with E-state index in [0.29, 0.717) is 6.04 Å². The third-order valence-electron chi connectivity index (χ3n) is 4.28. The molecule has 19 heavy (non-hydrogen) atoms. The molecule has 100 valence electrons. The largest absolute Gasteiger partial charge is 0.369 e. The van der Waals surface area contributed by atoms with E-state index in [2.05, 4.69) is 56.1 Å². The van der Waals surface area contributed by atoms with Crippen molar-refractivity contribution in [3.05, 3.63) is 28.7 Å². The van der Waals surface area contributed by atoms with Gasteiger partial charge in [0.05, 0.1) is 17.7 Å². The molecular weight excluding hydrogens is 302 g/mol. The van der Waals surface area contributed by atoms with Gasteiger partial charge in [-0.15, -0.1) is 0 Å². The normalized spacial score (nSPS) is 27.7. The van der Waals surface area contributed by atoms with E-state index >= 15 is 0 Å². The van der Waals surface area contributed by atoms with Gasteiger partial charge in [0.2, 0.25) is 0 Å². The molecule has 0 aromatic heterocycles. The third-order valence-corrected chi connectivity index (χ3v) is 4.95. The SMILES string of the molecule is N#CC1CCN(C2CCN(c3ccccc3Br)C2)C1. The number of halogens is 1. The van der Waals surface area contributed by atoms with Gasteiger partial charge >= 0.3 is 0 Å². The Morgan fingerprint density at radius 1 is 1.16 bits per heavy atom. The summed E-state index contributed by atoms with van der Waals surface area (Å²) in [6.45, 7) is 4.25. The monoisotopic (exact) mass is 319 g/mol. The fourth-order valence-corrected chi connectivity index (χ4v) is 3.73. The first-order chi connectivity index (χ1) is 9.28. The van der Waals surface area contributed by atoms with Crippen molar-refractivity contribution in [2.24, 2.45) is 5.92 Å². The van der Waals surface area contributed by atoms with E-state index in [1.165, 1.54) is 16.6 Å². The Kier molecular flexibility index (Phi) is 3.76. The molecule has 1 aromatic carbocycles. The average molecular weight is 320 g/mol. The van der Waals surface area contributed by atoms with Crippen molar-refractivity contribution in [2.75, 3.05) is 31.1 Å². The molecule has 1 aromatic rings. The smallest absolute Gasteiger partial charge is 0.0669 e. The van der Waals surface area contributed by atoms with Gasteiger partial charge in [0, 0.05) is 30.1 Å². The lowest BCUT2D eigenvalue weighted by molar-refractivity contribution is 0.255. The van der Waals surface area contributed by atoms with Crippen LogP contribution in [0.15, 0.2) is 28.7 Å². The highest BCUT2D eigenvalue weighted by molar-refractivity contribution is 9.10. The van der Waals surface area contributed by atoms with Gasteiger partial charge in [-0.2, -0.15) is 5.26 Å². The second kappa shape index (κ2) is 5.52. The molecular formula is C15H18BrN3. The Labute approximate surface area is 122 Å². The quantitative estimate of drug-likeness (QED) is 0.839. The van der Waals surface area contributed by atoms with Crippen LogP contribution in [0.1, 0.15) is 12.8 Å². The van der Waals surface area contributed by atoms with E-state index in [9.17, 15) is 0 Å². The van der Waals surface area contributed by atoms with Crippen LogP contribution in [0.2, 0.25) is 0 Å². The molecule has 0 N–H and O–H groups in total. The Morgan fingerprint density at radius 2 is 2.00 bits per heavy atom. The number of hydrogen-bond donors (Lipinski definition) is 0. The van der Waals surface area contributed by atoms with Crippen LogP contribution in [0.3, 0.4) is 0 Å². The zero-order chi connectivity index (χ0) is 13.2. The highest BCUT2D eigenvalue weighted by atomic mass is 79.9. The lowest BCUT2D eigenvalue weighted by Crippen LogP contribution is -2.35. The molecule has 2 atom stereocenters. The summed E-state index contributed by atoms with van der Waals surface area (Å²) in [7, 11) is 0. The molecule has 0 radical (unpaired) electrons. The Balaban J connectivity index is 1.65. The number of rotatable bonds is 2. The number of para-hydroxylation sites is 1. The van der Waals surface area contributed by atoms with Crippen LogP contribution in [-0.4, -0.2) is 37.1 Å². The van der Waals surface area contributed by atoms with Crippen molar-refractivity contribution >= 4 is 21.6 Å². The molecule has 0 spiro atoms. The van der Waals surface area contributed by atoms with Gasteiger partial charge < -0.3 is 4.90 Å². The van der Waals surface area contributed by atoms with E-state index < -0.39 is 0 Å². The first-order valence-corrected chi connectivity index (χ1v) is 7.70. The number of likely N-dealkylation sites (tertiary alicyclic amines) is 1. The van der Waals surface area contributed by atoms with Gasteiger partial charge in [-0.25, -0.2) is 0 Å². The van der Waals surface area contributed by atoms with Crippen LogP contribution in [0.5, 0.6) is 0 Å².